The maximum absolute atomic E-state index is 11.8. The second kappa shape index (κ2) is 7.00. The van der Waals surface area contributed by atoms with Gasteiger partial charge in [-0.05, 0) is 20.8 Å². The molecule has 18 heavy (non-hydrogen) atoms. The van der Waals surface area contributed by atoms with Crippen LogP contribution in [0, 0.1) is 23.2 Å². The fourth-order valence-corrected chi connectivity index (χ4v) is 1.23. The van der Waals surface area contributed by atoms with Gasteiger partial charge < -0.3 is 10.1 Å². The van der Waals surface area contributed by atoms with Crippen molar-refractivity contribution in [2.45, 2.75) is 46.6 Å². The zero-order chi connectivity index (χ0) is 14.3. The minimum atomic E-state index is -0.553. The van der Waals surface area contributed by atoms with Gasteiger partial charge in [-0.25, -0.2) is 0 Å². The van der Waals surface area contributed by atoms with E-state index in [1.54, 1.807) is 34.6 Å². The first kappa shape index (κ1) is 16.4. The van der Waals surface area contributed by atoms with Crippen LogP contribution in [0.3, 0.4) is 0 Å². The van der Waals surface area contributed by atoms with Crippen molar-refractivity contribution in [2.75, 3.05) is 6.54 Å². The quantitative estimate of drug-likeness (QED) is 0.597. The fraction of sp³-hybridized carbons (Fsp3) is 0.769. The molecule has 1 amide bonds. The third-order valence-electron chi connectivity index (χ3n) is 2.48. The molecule has 0 aromatic rings. The van der Waals surface area contributed by atoms with E-state index in [9.17, 15) is 9.59 Å². The molecule has 0 aromatic carbocycles. The smallest absolute Gasteiger partial charge is 0.309 e. The van der Waals surface area contributed by atoms with Crippen LogP contribution in [0.15, 0.2) is 0 Å². The summed E-state index contributed by atoms with van der Waals surface area (Å²) in [6.45, 7) is 9.01. The van der Waals surface area contributed by atoms with Gasteiger partial charge in [0.15, 0.2) is 0 Å². The van der Waals surface area contributed by atoms with Gasteiger partial charge in [-0.2, -0.15) is 5.26 Å². The number of rotatable bonds is 5. The van der Waals surface area contributed by atoms with Gasteiger partial charge in [0.1, 0.15) is 5.60 Å². The van der Waals surface area contributed by atoms with Crippen molar-refractivity contribution < 1.29 is 14.3 Å². The van der Waals surface area contributed by atoms with Crippen molar-refractivity contribution in [1.29, 1.82) is 5.26 Å². The van der Waals surface area contributed by atoms with Crippen LogP contribution in [0.2, 0.25) is 0 Å². The lowest BCUT2D eigenvalue weighted by Gasteiger charge is -2.24. The first-order valence-electron chi connectivity index (χ1n) is 6.06. The molecule has 1 N–H and O–H groups in total. The van der Waals surface area contributed by atoms with Crippen molar-refractivity contribution in [2.24, 2.45) is 11.8 Å². The van der Waals surface area contributed by atoms with Crippen molar-refractivity contribution in [1.82, 2.24) is 5.32 Å². The fourth-order valence-electron chi connectivity index (χ4n) is 1.23. The van der Waals surface area contributed by atoms with Crippen LogP contribution in [0.1, 0.15) is 41.0 Å². The minimum Gasteiger partial charge on any atom is -0.460 e. The molecule has 0 saturated carbocycles. The van der Waals surface area contributed by atoms with Crippen LogP contribution in [0.4, 0.5) is 0 Å². The summed E-state index contributed by atoms with van der Waals surface area (Å²) in [6, 6.07) is 1.94. The van der Waals surface area contributed by atoms with E-state index in [0.29, 0.717) is 6.54 Å². The molecule has 0 heterocycles. The summed E-state index contributed by atoms with van der Waals surface area (Å²) in [6.07, 6.45) is 0.263. The molecule has 2 atom stereocenters. The van der Waals surface area contributed by atoms with Crippen LogP contribution in [-0.4, -0.2) is 24.0 Å². The van der Waals surface area contributed by atoms with Crippen LogP contribution in [0.25, 0.3) is 0 Å². The summed E-state index contributed by atoms with van der Waals surface area (Å²) >= 11 is 0. The Hall–Kier alpha value is -1.57. The molecule has 102 valence electrons. The molecule has 5 heteroatoms. The highest BCUT2D eigenvalue weighted by Gasteiger charge is 2.29. The Morgan fingerprint density at radius 3 is 2.28 bits per heavy atom. The number of nitrogens with one attached hydrogen (secondary N) is 1. The second-order valence-electron chi connectivity index (χ2n) is 5.31. The van der Waals surface area contributed by atoms with Gasteiger partial charge in [-0.1, -0.05) is 13.8 Å². The van der Waals surface area contributed by atoms with Gasteiger partial charge in [0.05, 0.1) is 18.4 Å². The Balaban J connectivity index is 4.32. The Bertz CT molecular complexity index is 339. The van der Waals surface area contributed by atoms with Crippen LogP contribution >= 0.6 is 0 Å². The van der Waals surface area contributed by atoms with E-state index in [4.69, 9.17) is 10.00 Å². The highest BCUT2D eigenvalue weighted by Crippen LogP contribution is 2.17. The Morgan fingerprint density at radius 2 is 1.83 bits per heavy atom. The third kappa shape index (κ3) is 6.24. The number of hydrogen-bond acceptors (Lipinski definition) is 4. The molecule has 0 aromatic heterocycles. The summed E-state index contributed by atoms with van der Waals surface area (Å²) in [5.41, 5.74) is -0.553. The van der Waals surface area contributed by atoms with Crippen molar-refractivity contribution >= 4 is 11.9 Å². The molecular formula is C13H22N2O3. The molecule has 0 radical (unpaired) electrons. The maximum Gasteiger partial charge on any atom is 0.309 e. The van der Waals surface area contributed by atoms with E-state index in [1.807, 2.05) is 6.07 Å². The SMILES string of the molecule is CC(C(=O)NCCC#N)C(C)C(=O)OC(C)(C)C. The second-order valence-corrected chi connectivity index (χ2v) is 5.31. The monoisotopic (exact) mass is 254 g/mol. The maximum atomic E-state index is 11.8. The lowest BCUT2D eigenvalue weighted by atomic mass is 9.95. The summed E-state index contributed by atoms with van der Waals surface area (Å²) < 4.78 is 5.23. The van der Waals surface area contributed by atoms with E-state index in [-0.39, 0.29) is 18.3 Å². The Labute approximate surface area is 108 Å². The third-order valence-corrected chi connectivity index (χ3v) is 2.48. The first-order valence-corrected chi connectivity index (χ1v) is 6.06. The molecule has 0 aliphatic carbocycles. The Kier molecular flexibility index (Phi) is 6.39. The van der Waals surface area contributed by atoms with Crippen LogP contribution in [-0.2, 0) is 14.3 Å². The molecule has 5 nitrogen and oxygen atoms in total. The van der Waals surface area contributed by atoms with Gasteiger partial charge >= 0.3 is 5.97 Å². The normalized spacial score (nSPS) is 14.2. The molecule has 0 bridgehead atoms. The van der Waals surface area contributed by atoms with Crippen molar-refractivity contribution in [3.05, 3.63) is 0 Å². The molecular weight excluding hydrogens is 232 g/mol. The number of amides is 1. The molecule has 0 spiro atoms. The minimum absolute atomic E-state index is 0.233. The van der Waals surface area contributed by atoms with Gasteiger partial charge in [-0.3, -0.25) is 9.59 Å². The van der Waals surface area contributed by atoms with Crippen LogP contribution < -0.4 is 5.32 Å². The van der Waals surface area contributed by atoms with Gasteiger partial charge in [0.25, 0.3) is 0 Å². The van der Waals surface area contributed by atoms with E-state index in [2.05, 4.69) is 5.32 Å². The summed E-state index contributed by atoms with van der Waals surface area (Å²) in [5.74, 6) is -1.60. The molecule has 0 fully saturated rings. The first-order chi connectivity index (χ1) is 8.19. The average molecular weight is 254 g/mol. The Morgan fingerprint density at radius 1 is 1.28 bits per heavy atom. The number of ether oxygens (including phenoxy) is 1. The topological polar surface area (TPSA) is 79.2 Å². The molecule has 0 saturated heterocycles. The van der Waals surface area contributed by atoms with E-state index in [0.717, 1.165) is 0 Å². The molecule has 0 aliphatic heterocycles. The number of nitrogens with zero attached hydrogens (tertiary/aromatic N) is 1. The van der Waals surface area contributed by atoms with E-state index >= 15 is 0 Å². The highest BCUT2D eigenvalue weighted by molar-refractivity contribution is 5.84. The zero-order valence-electron chi connectivity index (χ0n) is 11.7. The number of carbonyl (C=O) groups is 2. The average Bonchev–Trinajstić information content (AvgIpc) is 2.24. The van der Waals surface area contributed by atoms with Crippen molar-refractivity contribution in [3.8, 4) is 6.07 Å². The lowest BCUT2D eigenvalue weighted by molar-refractivity contribution is -0.162. The summed E-state index contributed by atoms with van der Waals surface area (Å²) in [4.78, 5) is 23.5. The predicted molar refractivity (Wildman–Crippen MR) is 67.4 cm³/mol. The number of esters is 1. The number of carbonyl (C=O) groups excluding carboxylic acids is 2. The van der Waals surface area contributed by atoms with Gasteiger partial charge in [0, 0.05) is 12.5 Å². The van der Waals surface area contributed by atoms with Crippen molar-refractivity contribution in [3.63, 3.8) is 0 Å². The zero-order valence-corrected chi connectivity index (χ0v) is 11.7. The molecule has 0 rings (SSSR count). The number of nitriles is 1. The van der Waals surface area contributed by atoms with Crippen LogP contribution in [0.5, 0.6) is 0 Å². The molecule has 0 aliphatic rings. The summed E-state index contributed by atoms with van der Waals surface area (Å²) in [5, 5.41) is 11.0. The number of hydrogen-bond donors (Lipinski definition) is 1. The largest absolute Gasteiger partial charge is 0.460 e. The summed E-state index contributed by atoms with van der Waals surface area (Å²) in [7, 11) is 0. The standard InChI is InChI=1S/C13H22N2O3/c1-9(11(16)15-8-6-7-14)10(2)12(17)18-13(3,4)5/h9-10H,6,8H2,1-5H3,(H,15,16). The van der Waals surface area contributed by atoms with Gasteiger partial charge in [-0.15, -0.1) is 0 Å². The van der Waals surface area contributed by atoms with Gasteiger partial charge in [0.2, 0.25) is 5.91 Å². The predicted octanol–water partition coefficient (Wildman–Crippen LogP) is 1.63. The lowest BCUT2D eigenvalue weighted by Crippen LogP contribution is -2.38. The molecule has 2 unspecified atom stereocenters. The highest BCUT2D eigenvalue weighted by atomic mass is 16.6. The van der Waals surface area contributed by atoms with E-state index < -0.39 is 17.4 Å². The van der Waals surface area contributed by atoms with E-state index in [1.165, 1.54) is 0 Å².